The number of amides is 1. The van der Waals surface area contributed by atoms with Crippen molar-refractivity contribution in [3.8, 4) is 0 Å². The lowest BCUT2D eigenvalue weighted by molar-refractivity contribution is -0.384. The third-order valence-electron chi connectivity index (χ3n) is 4.12. The first-order valence-electron chi connectivity index (χ1n) is 8.68. The Balaban J connectivity index is 1.62. The van der Waals surface area contributed by atoms with Crippen molar-refractivity contribution in [2.45, 2.75) is 6.92 Å². The maximum atomic E-state index is 12.0. The number of carbonyl (C=O) groups excluding carboxylic acids is 2. The van der Waals surface area contributed by atoms with Gasteiger partial charge in [0.15, 0.2) is 6.61 Å². The monoisotopic (exact) mass is 391 g/mol. The molecule has 0 radical (unpaired) electrons. The third kappa shape index (κ3) is 4.81. The zero-order valence-corrected chi connectivity index (χ0v) is 15.5. The topological polar surface area (TPSA) is 111 Å². The predicted molar refractivity (Wildman–Crippen MR) is 108 cm³/mol. The standard InChI is InChI=1S/C21H17N3O5/c1-14-5-2-9-17(24(27)28)20(14)23-18(25)13-29-19(26)11-10-16-7-3-6-15-8-4-12-22-21(15)16/h2-12H,13H2,1H3,(H,23,25)/b11-10+. The van der Waals surface area contributed by atoms with Gasteiger partial charge in [0, 0.05) is 29.3 Å². The van der Waals surface area contributed by atoms with Crippen LogP contribution in [0.4, 0.5) is 11.4 Å². The van der Waals surface area contributed by atoms with Crippen molar-refractivity contribution < 1.29 is 19.2 Å². The summed E-state index contributed by atoms with van der Waals surface area (Å²) >= 11 is 0. The van der Waals surface area contributed by atoms with Gasteiger partial charge < -0.3 is 10.1 Å². The van der Waals surface area contributed by atoms with Gasteiger partial charge >= 0.3 is 5.97 Å². The van der Waals surface area contributed by atoms with Gasteiger partial charge in [-0.15, -0.1) is 0 Å². The summed E-state index contributed by atoms with van der Waals surface area (Å²) < 4.78 is 4.92. The molecule has 29 heavy (non-hydrogen) atoms. The van der Waals surface area contributed by atoms with Gasteiger partial charge in [0.2, 0.25) is 0 Å². The normalized spacial score (nSPS) is 10.8. The fourth-order valence-corrected chi connectivity index (χ4v) is 2.75. The highest BCUT2D eigenvalue weighted by Gasteiger charge is 2.18. The minimum Gasteiger partial charge on any atom is -0.452 e. The number of hydrogen-bond donors (Lipinski definition) is 1. The Morgan fingerprint density at radius 3 is 2.72 bits per heavy atom. The smallest absolute Gasteiger partial charge is 0.331 e. The van der Waals surface area contributed by atoms with E-state index in [1.54, 1.807) is 25.3 Å². The van der Waals surface area contributed by atoms with Crippen molar-refractivity contribution in [2.24, 2.45) is 0 Å². The van der Waals surface area contributed by atoms with Crippen molar-refractivity contribution in [3.63, 3.8) is 0 Å². The molecule has 0 saturated heterocycles. The molecule has 3 aromatic rings. The molecule has 0 unspecified atom stereocenters. The lowest BCUT2D eigenvalue weighted by atomic mass is 10.1. The number of nitrogens with zero attached hydrogens (tertiary/aromatic N) is 2. The van der Waals surface area contributed by atoms with Crippen LogP contribution in [0.25, 0.3) is 17.0 Å². The number of pyridine rings is 1. The van der Waals surface area contributed by atoms with E-state index in [4.69, 9.17) is 4.74 Å². The molecule has 146 valence electrons. The molecular formula is C21H17N3O5. The number of hydrogen-bond acceptors (Lipinski definition) is 6. The van der Waals surface area contributed by atoms with Crippen LogP contribution in [-0.2, 0) is 14.3 Å². The first-order chi connectivity index (χ1) is 14.0. The summed E-state index contributed by atoms with van der Waals surface area (Å²) in [5.41, 5.74) is 1.86. The molecule has 8 nitrogen and oxygen atoms in total. The highest BCUT2D eigenvalue weighted by Crippen LogP contribution is 2.27. The van der Waals surface area contributed by atoms with Crippen LogP contribution in [0.15, 0.2) is 60.8 Å². The summed E-state index contributed by atoms with van der Waals surface area (Å²) in [4.78, 5) is 38.8. The van der Waals surface area contributed by atoms with Gasteiger partial charge in [-0.05, 0) is 24.6 Å². The van der Waals surface area contributed by atoms with Crippen molar-refractivity contribution in [2.75, 3.05) is 11.9 Å². The van der Waals surface area contributed by atoms with Crippen LogP contribution in [0.3, 0.4) is 0 Å². The number of nitro groups is 1. The van der Waals surface area contributed by atoms with E-state index in [-0.39, 0.29) is 11.4 Å². The van der Waals surface area contributed by atoms with Gasteiger partial charge in [-0.1, -0.05) is 36.4 Å². The van der Waals surface area contributed by atoms with E-state index >= 15 is 0 Å². The van der Waals surface area contributed by atoms with Crippen LogP contribution in [0.2, 0.25) is 0 Å². The molecule has 0 fully saturated rings. The molecule has 0 aliphatic heterocycles. The molecule has 0 saturated carbocycles. The van der Waals surface area contributed by atoms with Crippen LogP contribution < -0.4 is 5.32 Å². The number of aryl methyl sites for hydroxylation is 1. The zero-order chi connectivity index (χ0) is 20.8. The summed E-state index contributed by atoms with van der Waals surface area (Å²) in [6.07, 6.45) is 4.42. The summed E-state index contributed by atoms with van der Waals surface area (Å²) in [6.45, 7) is 1.07. The van der Waals surface area contributed by atoms with E-state index < -0.39 is 23.4 Å². The molecule has 0 bridgehead atoms. The van der Waals surface area contributed by atoms with Crippen LogP contribution in [-0.4, -0.2) is 28.4 Å². The van der Waals surface area contributed by atoms with E-state index in [1.807, 2.05) is 30.3 Å². The number of ether oxygens (including phenoxy) is 1. The fourth-order valence-electron chi connectivity index (χ4n) is 2.75. The number of nitrogens with one attached hydrogen (secondary N) is 1. The van der Waals surface area contributed by atoms with Gasteiger partial charge in [0.1, 0.15) is 5.69 Å². The average Bonchev–Trinajstić information content (AvgIpc) is 2.72. The number of benzene rings is 2. The highest BCUT2D eigenvalue weighted by molar-refractivity contribution is 5.97. The Kier molecular flexibility index (Phi) is 5.94. The number of para-hydroxylation sites is 2. The summed E-state index contributed by atoms with van der Waals surface area (Å²) in [6, 6.07) is 13.7. The number of esters is 1. The van der Waals surface area contributed by atoms with Gasteiger partial charge in [-0.25, -0.2) is 4.79 Å². The summed E-state index contributed by atoms with van der Waals surface area (Å²) in [5.74, 6) is -1.39. The van der Waals surface area contributed by atoms with Crippen LogP contribution in [0.5, 0.6) is 0 Å². The number of nitro benzene ring substituents is 1. The molecule has 1 amide bonds. The highest BCUT2D eigenvalue weighted by atomic mass is 16.6. The number of anilines is 1. The van der Waals surface area contributed by atoms with Crippen LogP contribution in [0.1, 0.15) is 11.1 Å². The van der Waals surface area contributed by atoms with Crippen LogP contribution in [0, 0.1) is 17.0 Å². The maximum absolute atomic E-state index is 12.0. The molecule has 3 rings (SSSR count). The average molecular weight is 391 g/mol. The molecule has 0 spiro atoms. The van der Waals surface area contributed by atoms with Crippen molar-refractivity contribution in [1.82, 2.24) is 4.98 Å². The minimum atomic E-state index is -0.715. The van der Waals surface area contributed by atoms with E-state index in [2.05, 4.69) is 10.3 Å². The largest absolute Gasteiger partial charge is 0.452 e. The Morgan fingerprint density at radius 2 is 1.93 bits per heavy atom. The van der Waals surface area contributed by atoms with Gasteiger partial charge in [-0.2, -0.15) is 0 Å². The fraction of sp³-hybridized carbons (Fsp3) is 0.0952. The third-order valence-corrected chi connectivity index (χ3v) is 4.12. The molecule has 1 N–H and O–H groups in total. The Bertz CT molecular complexity index is 1120. The van der Waals surface area contributed by atoms with Gasteiger partial charge in [0.05, 0.1) is 10.4 Å². The van der Waals surface area contributed by atoms with Crippen molar-refractivity contribution in [1.29, 1.82) is 0 Å². The van der Waals surface area contributed by atoms with E-state index in [0.29, 0.717) is 5.56 Å². The first kappa shape index (κ1) is 19.7. The lowest BCUT2D eigenvalue weighted by Gasteiger charge is -2.08. The zero-order valence-electron chi connectivity index (χ0n) is 15.5. The quantitative estimate of drug-likeness (QED) is 0.297. The second-order valence-corrected chi connectivity index (χ2v) is 6.14. The van der Waals surface area contributed by atoms with E-state index in [0.717, 1.165) is 16.5 Å². The SMILES string of the molecule is Cc1cccc([N+](=O)[O-])c1NC(=O)COC(=O)/C=C/c1cccc2cccnc12. The molecule has 0 aliphatic rings. The second kappa shape index (κ2) is 8.75. The Labute approximate surface area is 166 Å². The molecule has 0 aliphatic carbocycles. The molecule has 1 heterocycles. The van der Waals surface area contributed by atoms with E-state index in [1.165, 1.54) is 18.2 Å². The van der Waals surface area contributed by atoms with Crippen molar-refractivity contribution in [3.05, 3.63) is 82.0 Å². The summed E-state index contributed by atoms with van der Waals surface area (Å²) in [5, 5.41) is 14.4. The first-order valence-corrected chi connectivity index (χ1v) is 8.68. The minimum absolute atomic E-state index is 0.0796. The number of carbonyl (C=O) groups is 2. The van der Waals surface area contributed by atoms with Crippen LogP contribution >= 0.6 is 0 Å². The van der Waals surface area contributed by atoms with Crippen molar-refractivity contribution >= 4 is 40.2 Å². The number of rotatable bonds is 6. The molecule has 0 atom stereocenters. The molecule has 8 heteroatoms. The lowest BCUT2D eigenvalue weighted by Crippen LogP contribution is -2.21. The number of aromatic nitrogens is 1. The number of fused-ring (bicyclic) bond motifs is 1. The Morgan fingerprint density at radius 1 is 1.17 bits per heavy atom. The molecule has 2 aromatic carbocycles. The Hall–Kier alpha value is -4.07. The maximum Gasteiger partial charge on any atom is 0.331 e. The van der Waals surface area contributed by atoms with Gasteiger partial charge in [-0.3, -0.25) is 19.9 Å². The van der Waals surface area contributed by atoms with E-state index in [9.17, 15) is 19.7 Å². The van der Waals surface area contributed by atoms with Gasteiger partial charge in [0.25, 0.3) is 11.6 Å². The summed E-state index contributed by atoms with van der Waals surface area (Å²) in [7, 11) is 0. The molecule has 1 aromatic heterocycles. The second-order valence-electron chi connectivity index (χ2n) is 6.14. The molecular weight excluding hydrogens is 374 g/mol. The predicted octanol–water partition coefficient (Wildman–Crippen LogP) is 3.65.